The van der Waals surface area contributed by atoms with Crippen molar-refractivity contribution in [3.63, 3.8) is 0 Å². The summed E-state index contributed by atoms with van der Waals surface area (Å²) < 4.78 is 6.73. The van der Waals surface area contributed by atoms with Crippen molar-refractivity contribution in [2.24, 2.45) is 0 Å². The minimum Gasteiger partial charge on any atom is -0.408 e. The first kappa shape index (κ1) is 22.6. The third kappa shape index (κ3) is 3.42. The summed E-state index contributed by atoms with van der Waals surface area (Å²) in [5.74, 6) is 0.950. The van der Waals surface area contributed by atoms with Crippen molar-refractivity contribution in [1.29, 1.82) is 0 Å². The van der Waals surface area contributed by atoms with E-state index in [2.05, 4.69) is 125 Å². The van der Waals surface area contributed by atoms with E-state index >= 15 is 0 Å². The van der Waals surface area contributed by atoms with Crippen LogP contribution in [0.3, 0.4) is 0 Å². The molecule has 2 aliphatic heterocycles. The van der Waals surface area contributed by atoms with Crippen molar-refractivity contribution in [3.05, 3.63) is 127 Å². The highest BCUT2D eigenvalue weighted by Crippen LogP contribution is 2.39. The van der Waals surface area contributed by atoms with Crippen molar-refractivity contribution < 1.29 is 4.68 Å². The van der Waals surface area contributed by atoms with Gasteiger partial charge in [-0.25, -0.2) is 9.67 Å². The Hall–Kier alpha value is -5.16. The fourth-order valence-electron chi connectivity index (χ4n) is 6.70. The van der Waals surface area contributed by atoms with E-state index in [1.54, 1.807) is 0 Å². The van der Waals surface area contributed by atoms with Gasteiger partial charge in [-0.15, -0.1) is 5.69 Å². The fourth-order valence-corrected chi connectivity index (χ4v) is 6.70. The van der Waals surface area contributed by atoms with Crippen LogP contribution in [0.1, 0.15) is 24.1 Å². The Bertz CT molecular complexity index is 2260. The second kappa shape index (κ2) is 8.67. The Kier molecular flexibility index (Phi) is 4.79. The van der Waals surface area contributed by atoms with Crippen molar-refractivity contribution in [3.8, 4) is 17.2 Å². The molecule has 0 amide bonds. The monoisotopic (exact) mass is 529 g/mol. The van der Waals surface area contributed by atoms with E-state index in [-0.39, 0.29) is 0 Å². The number of hydrogen-bond donors (Lipinski definition) is 0. The quantitative estimate of drug-likeness (QED) is 0.192. The predicted octanol–water partition coefficient (Wildman–Crippen LogP) is 7.39. The van der Waals surface area contributed by atoms with E-state index in [4.69, 9.17) is 10.1 Å². The molecule has 5 heteroatoms. The summed E-state index contributed by atoms with van der Waals surface area (Å²) in [5, 5.41) is 9.91. The van der Waals surface area contributed by atoms with Gasteiger partial charge in [0, 0.05) is 39.9 Å². The molecule has 4 aromatic heterocycles. The maximum atomic E-state index is 5.00. The molecule has 0 atom stereocenters. The highest BCUT2D eigenvalue weighted by Gasteiger charge is 2.19. The summed E-state index contributed by atoms with van der Waals surface area (Å²) in [7, 11) is 0. The molecular weight excluding hydrogens is 502 g/mol. The molecule has 2 aliphatic rings. The fraction of sp³-hybridized carbons (Fsp3) is 0.111. The van der Waals surface area contributed by atoms with Gasteiger partial charge in [0.05, 0.1) is 27.8 Å². The predicted molar refractivity (Wildman–Crippen MR) is 164 cm³/mol. The molecule has 0 spiro atoms. The van der Waals surface area contributed by atoms with Gasteiger partial charge in [0.2, 0.25) is 5.69 Å². The second-order valence-electron chi connectivity index (χ2n) is 11.1. The molecule has 5 nitrogen and oxygen atoms in total. The molecule has 0 N–H and O–H groups in total. The summed E-state index contributed by atoms with van der Waals surface area (Å²) in [6, 6.07) is 37.4. The Morgan fingerprint density at radius 1 is 0.610 bits per heavy atom. The number of fused-ring (bicyclic) bond motifs is 9. The number of hydrogen-bond acceptors (Lipinski definition) is 1. The highest BCUT2D eigenvalue weighted by atomic mass is 15.3. The minimum atomic E-state index is 0.950. The van der Waals surface area contributed by atoms with E-state index in [0.717, 1.165) is 54.1 Å². The molecule has 0 unspecified atom stereocenters. The average Bonchev–Trinajstić information content (AvgIpc) is 3.71. The van der Waals surface area contributed by atoms with E-state index in [9.17, 15) is 0 Å². The summed E-state index contributed by atoms with van der Waals surface area (Å²) in [6.45, 7) is 0. The Morgan fingerprint density at radius 3 is 2.17 bits per heavy atom. The third-order valence-electron chi connectivity index (χ3n) is 8.65. The van der Waals surface area contributed by atoms with Gasteiger partial charge in [-0.05, 0) is 67.3 Å². The molecule has 0 aliphatic carbocycles. The molecule has 10 rings (SSSR count). The lowest BCUT2D eigenvalue weighted by molar-refractivity contribution is -0.661. The van der Waals surface area contributed by atoms with E-state index in [0.29, 0.717) is 0 Å². The van der Waals surface area contributed by atoms with Gasteiger partial charge in [0.25, 0.3) is 0 Å². The molecule has 6 heterocycles. The molecule has 8 bridgehead atoms. The SMILES string of the molecule is c1cc2cc(c1)-[n+]1ccc([n-]1)CCCCc1ccc(nc1)-n1c3ccccc3c3cc4c5ccccc5n-2c4cc31. The normalized spacial score (nSPS) is 13.5. The van der Waals surface area contributed by atoms with Gasteiger partial charge >= 0.3 is 0 Å². The molecule has 196 valence electrons. The first-order chi connectivity index (χ1) is 20.3. The van der Waals surface area contributed by atoms with Gasteiger partial charge in [-0.3, -0.25) is 4.57 Å². The topological polar surface area (TPSA) is 40.7 Å². The van der Waals surface area contributed by atoms with Crippen LogP contribution in [0.25, 0.3) is 60.8 Å². The average molecular weight is 530 g/mol. The number of rotatable bonds is 0. The van der Waals surface area contributed by atoms with E-state index in [1.165, 1.54) is 43.7 Å². The van der Waals surface area contributed by atoms with Gasteiger partial charge in [-0.2, -0.15) is 0 Å². The minimum absolute atomic E-state index is 0.950. The van der Waals surface area contributed by atoms with Crippen LogP contribution >= 0.6 is 0 Å². The van der Waals surface area contributed by atoms with Crippen LogP contribution in [0, 0.1) is 0 Å². The zero-order chi connectivity index (χ0) is 26.9. The molecular formula is C36H27N5. The van der Waals surface area contributed by atoms with Crippen LogP contribution < -0.4 is 9.78 Å². The van der Waals surface area contributed by atoms with Crippen molar-refractivity contribution in [1.82, 2.24) is 19.2 Å². The summed E-state index contributed by atoms with van der Waals surface area (Å²) >= 11 is 0. The van der Waals surface area contributed by atoms with Gasteiger partial charge in [0.15, 0.2) is 6.20 Å². The maximum absolute atomic E-state index is 5.00. The van der Waals surface area contributed by atoms with Crippen molar-refractivity contribution >= 4 is 43.6 Å². The first-order valence-electron chi connectivity index (χ1n) is 14.4. The zero-order valence-electron chi connectivity index (χ0n) is 22.5. The number of benzene rings is 4. The van der Waals surface area contributed by atoms with Crippen LogP contribution in [0.5, 0.6) is 0 Å². The Labute approximate surface area is 236 Å². The lowest BCUT2D eigenvalue weighted by Gasteiger charge is -2.10. The number of aryl methyl sites for hydroxylation is 2. The number of para-hydroxylation sites is 2. The Morgan fingerprint density at radius 2 is 1.37 bits per heavy atom. The van der Waals surface area contributed by atoms with Gasteiger partial charge in [0.1, 0.15) is 5.82 Å². The summed E-state index contributed by atoms with van der Waals surface area (Å²) in [5.41, 5.74) is 9.29. The van der Waals surface area contributed by atoms with Crippen LogP contribution in [0.4, 0.5) is 0 Å². The van der Waals surface area contributed by atoms with Gasteiger partial charge < -0.3 is 9.67 Å². The van der Waals surface area contributed by atoms with Crippen LogP contribution in [0.15, 0.2) is 116 Å². The number of pyridine rings is 1. The van der Waals surface area contributed by atoms with Crippen molar-refractivity contribution in [2.45, 2.75) is 25.7 Å². The molecule has 4 aromatic carbocycles. The lowest BCUT2D eigenvalue weighted by Crippen LogP contribution is -2.34. The zero-order valence-corrected chi connectivity index (χ0v) is 22.5. The third-order valence-corrected chi connectivity index (χ3v) is 8.65. The summed E-state index contributed by atoms with van der Waals surface area (Å²) in [6.07, 6.45) is 8.34. The molecule has 0 saturated heterocycles. The number of nitrogens with zero attached hydrogens (tertiary/aromatic N) is 5. The largest absolute Gasteiger partial charge is 0.408 e. The molecule has 0 radical (unpaired) electrons. The highest BCUT2D eigenvalue weighted by molar-refractivity contribution is 6.19. The molecule has 41 heavy (non-hydrogen) atoms. The number of aromatic nitrogens is 5. The van der Waals surface area contributed by atoms with Gasteiger partial charge in [-0.1, -0.05) is 55.0 Å². The molecule has 0 saturated carbocycles. The van der Waals surface area contributed by atoms with Crippen LogP contribution in [-0.2, 0) is 12.8 Å². The molecule has 8 aromatic rings. The standard InChI is InChI=1S/C36H27N5/c1-2-9-25-18-19-39(38-25)26-10-7-11-27(20-26)40-32-14-5-3-12-28(32)30-21-31-29-13-4-6-15-33(29)41(35(31)22-34(30)40)36-17-16-24(8-1)23-37-36/h3-7,10-23H,1-2,8-9H2. The first-order valence-corrected chi connectivity index (χ1v) is 14.4. The summed E-state index contributed by atoms with van der Waals surface area (Å²) in [4.78, 5) is 5.00. The van der Waals surface area contributed by atoms with E-state index in [1.807, 2.05) is 4.68 Å². The molecule has 0 fully saturated rings. The van der Waals surface area contributed by atoms with Crippen LogP contribution in [0.2, 0.25) is 0 Å². The van der Waals surface area contributed by atoms with Crippen molar-refractivity contribution in [2.75, 3.05) is 0 Å². The van der Waals surface area contributed by atoms with Crippen LogP contribution in [-0.4, -0.2) is 14.1 Å². The smallest absolute Gasteiger partial charge is 0.203 e. The Balaban J connectivity index is 1.41. The lowest BCUT2D eigenvalue weighted by atomic mass is 10.1. The maximum Gasteiger partial charge on any atom is 0.203 e. The van der Waals surface area contributed by atoms with E-state index < -0.39 is 0 Å². The second-order valence-corrected chi connectivity index (χ2v) is 11.1.